The number of carbonyl (C=O) groups excluding carboxylic acids is 1. The molecule has 1 N–H and O–H groups in total. The maximum absolute atomic E-state index is 11.1. The molecule has 0 fully saturated rings. The van der Waals surface area contributed by atoms with Crippen LogP contribution in [0.5, 0.6) is 0 Å². The van der Waals surface area contributed by atoms with Crippen molar-refractivity contribution in [1.82, 2.24) is 0 Å². The highest BCUT2D eigenvalue weighted by Crippen LogP contribution is 2.37. The molecule has 0 saturated carbocycles. The minimum absolute atomic E-state index is 0.0777. The zero-order valence-electron chi connectivity index (χ0n) is 11.9. The monoisotopic (exact) mass is 333 g/mol. The summed E-state index contributed by atoms with van der Waals surface area (Å²) in [5.41, 5.74) is -0.274. The quantitative estimate of drug-likeness (QED) is 0.660. The Kier molecular flexibility index (Phi) is 4.91. The molecule has 0 heterocycles. The molecule has 0 aromatic heterocycles. The van der Waals surface area contributed by atoms with E-state index in [9.17, 15) is 25.0 Å². The molecule has 118 valence electrons. The molecular weight excluding hydrogens is 322 g/mol. The number of hydrogen-bond acceptors (Lipinski definition) is 6. The summed E-state index contributed by atoms with van der Waals surface area (Å²) >= 11 is 1.04. The summed E-state index contributed by atoms with van der Waals surface area (Å²) in [6, 6.07) is 10.3. The van der Waals surface area contributed by atoms with Crippen LogP contribution in [-0.4, -0.2) is 15.8 Å². The Hall–Kier alpha value is -2.94. The number of benzene rings is 2. The molecule has 1 amide bonds. The number of nitrogens with zero attached hydrogens (tertiary/aromatic N) is 2. The molecule has 0 spiro atoms. The van der Waals surface area contributed by atoms with Crippen LogP contribution in [0.15, 0.2) is 52.3 Å². The number of nitro benzene ring substituents is 2. The number of rotatable bonds is 5. The summed E-state index contributed by atoms with van der Waals surface area (Å²) in [4.78, 5) is 32.9. The van der Waals surface area contributed by atoms with E-state index in [0.29, 0.717) is 9.79 Å². The minimum atomic E-state index is -0.616. The molecule has 9 heteroatoms. The maximum Gasteiger partial charge on any atom is 0.293 e. The molecule has 0 saturated heterocycles. The van der Waals surface area contributed by atoms with Crippen LogP contribution >= 0.6 is 11.8 Å². The van der Waals surface area contributed by atoms with Gasteiger partial charge in [-0.3, -0.25) is 25.0 Å². The zero-order chi connectivity index (χ0) is 17.0. The van der Waals surface area contributed by atoms with E-state index >= 15 is 0 Å². The summed E-state index contributed by atoms with van der Waals surface area (Å²) in [7, 11) is 0. The molecule has 0 atom stereocenters. The third-order valence-electron chi connectivity index (χ3n) is 2.77. The Bertz CT molecular complexity index is 794. The number of carbonyl (C=O) groups is 1. The lowest BCUT2D eigenvalue weighted by molar-refractivity contribution is -0.387. The number of anilines is 1. The molecule has 0 bridgehead atoms. The van der Waals surface area contributed by atoms with Crippen LogP contribution in [-0.2, 0) is 4.79 Å². The molecule has 2 aromatic rings. The van der Waals surface area contributed by atoms with Crippen molar-refractivity contribution in [1.29, 1.82) is 0 Å². The highest BCUT2D eigenvalue weighted by Gasteiger charge is 2.18. The fourth-order valence-corrected chi connectivity index (χ4v) is 2.80. The lowest BCUT2D eigenvalue weighted by Gasteiger charge is -2.06. The van der Waals surface area contributed by atoms with Crippen LogP contribution in [0.2, 0.25) is 0 Å². The van der Waals surface area contributed by atoms with Crippen LogP contribution in [0.4, 0.5) is 17.1 Å². The smallest absolute Gasteiger partial charge is 0.293 e. The second-order valence-electron chi connectivity index (χ2n) is 4.44. The zero-order valence-corrected chi connectivity index (χ0v) is 12.7. The molecule has 0 radical (unpaired) electrons. The number of amides is 1. The van der Waals surface area contributed by atoms with E-state index in [1.807, 2.05) is 0 Å². The van der Waals surface area contributed by atoms with Crippen molar-refractivity contribution < 1.29 is 14.6 Å². The predicted octanol–water partition coefficient (Wildman–Crippen LogP) is 3.61. The van der Waals surface area contributed by atoms with Crippen molar-refractivity contribution in [3.05, 3.63) is 62.7 Å². The van der Waals surface area contributed by atoms with Gasteiger partial charge in [-0.1, -0.05) is 23.9 Å². The van der Waals surface area contributed by atoms with Gasteiger partial charge in [-0.25, -0.2) is 0 Å². The third kappa shape index (κ3) is 4.04. The van der Waals surface area contributed by atoms with Gasteiger partial charge in [-0.15, -0.1) is 0 Å². The Balaban J connectivity index is 2.38. The lowest BCUT2D eigenvalue weighted by Crippen LogP contribution is -2.07. The summed E-state index contributed by atoms with van der Waals surface area (Å²) in [6.45, 7) is 1.25. The van der Waals surface area contributed by atoms with Gasteiger partial charge >= 0.3 is 0 Å². The van der Waals surface area contributed by atoms with Gasteiger partial charge in [-0.2, -0.15) is 0 Å². The average molecular weight is 333 g/mol. The Labute approximate surface area is 134 Å². The van der Waals surface area contributed by atoms with Crippen LogP contribution in [0, 0.1) is 20.2 Å². The molecule has 8 nitrogen and oxygen atoms in total. The van der Waals surface area contributed by atoms with Crippen LogP contribution in [0.1, 0.15) is 6.92 Å². The Morgan fingerprint density at radius 3 is 2.30 bits per heavy atom. The Morgan fingerprint density at radius 2 is 1.70 bits per heavy atom. The molecule has 0 aliphatic rings. The Morgan fingerprint density at radius 1 is 1.04 bits per heavy atom. The molecule has 0 aliphatic carbocycles. The van der Waals surface area contributed by atoms with E-state index in [1.54, 1.807) is 24.3 Å². The summed E-state index contributed by atoms with van der Waals surface area (Å²) < 4.78 is 0. The van der Waals surface area contributed by atoms with Gasteiger partial charge in [0.15, 0.2) is 0 Å². The summed E-state index contributed by atoms with van der Waals surface area (Å²) in [6.07, 6.45) is 0. The van der Waals surface area contributed by atoms with Gasteiger partial charge in [0.25, 0.3) is 11.4 Å². The van der Waals surface area contributed by atoms with Crippen LogP contribution in [0.25, 0.3) is 0 Å². The second-order valence-corrected chi connectivity index (χ2v) is 5.56. The van der Waals surface area contributed by atoms with Crippen molar-refractivity contribution in [3.8, 4) is 0 Å². The lowest BCUT2D eigenvalue weighted by atomic mass is 10.2. The predicted molar refractivity (Wildman–Crippen MR) is 84.6 cm³/mol. The van der Waals surface area contributed by atoms with E-state index in [0.717, 1.165) is 11.8 Å². The molecule has 0 unspecified atom stereocenters. The molecular formula is C14H11N3O5S. The first kappa shape index (κ1) is 16.4. The maximum atomic E-state index is 11.1. The number of nitrogens with one attached hydrogen (secondary N) is 1. The van der Waals surface area contributed by atoms with E-state index < -0.39 is 15.8 Å². The van der Waals surface area contributed by atoms with E-state index in [1.165, 1.54) is 25.1 Å². The average Bonchev–Trinajstić information content (AvgIpc) is 2.48. The van der Waals surface area contributed by atoms with Gasteiger partial charge in [0.1, 0.15) is 5.69 Å². The molecule has 2 aromatic carbocycles. The van der Waals surface area contributed by atoms with E-state index in [-0.39, 0.29) is 17.1 Å². The minimum Gasteiger partial charge on any atom is -0.321 e. The van der Waals surface area contributed by atoms with Crippen LogP contribution in [0.3, 0.4) is 0 Å². The topological polar surface area (TPSA) is 115 Å². The third-order valence-corrected chi connectivity index (χ3v) is 3.82. The summed E-state index contributed by atoms with van der Waals surface area (Å²) in [5, 5.41) is 24.5. The normalized spacial score (nSPS) is 10.1. The number of para-hydroxylation sites is 1. The number of hydrogen-bond donors (Lipinski definition) is 1. The van der Waals surface area contributed by atoms with Crippen molar-refractivity contribution in [2.75, 3.05) is 5.32 Å². The highest BCUT2D eigenvalue weighted by atomic mass is 32.2. The summed E-state index contributed by atoms with van der Waals surface area (Å²) in [5.74, 6) is -0.424. The van der Waals surface area contributed by atoms with Crippen LogP contribution < -0.4 is 5.32 Å². The molecule has 2 rings (SSSR count). The van der Waals surface area contributed by atoms with Crippen molar-refractivity contribution >= 4 is 34.7 Å². The first-order valence-electron chi connectivity index (χ1n) is 6.36. The second kappa shape index (κ2) is 6.88. The van der Waals surface area contributed by atoms with Gasteiger partial charge in [-0.05, 0) is 18.2 Å². The largest absolute Gasteiger partial charge is 0.321 e. The first-order valence-corrected chi connectivity index (χ1v) is 7.17. The van der Waals surface area contributed by atoms with E-state index in [4.69, 9.17) is 0 Å². The standard InChI is InChI=1S/C14H11N3O5S/c1-9(18)15-11-7-6-10(8-13(11)17(21)22)23-14-5-3-2-4-12(14)16(19)20/h2-8H,1H3,(H,15,18). The SMILES string of the molecule is CC(=O)Nc1ccc(Sc2ccccc2[N+](=O)[O-])cc1[N+](=O)[O-]. The van der Waals surface area contributed by atoms with Crippen molar-refractivity contribution in [3.63, 3.8) is 0 Å². The fraction of sp³-hybridized carbons (Fsp3) is 0.0714. The number of nitro groups is 2. The van der Waals surface area contributed by atoms with E-state index in [2.05, 4.69) is 5.32 Å². The van der Waals surface area contributed by atoms with Crippen molar-refractivity contribution in [2.24, 2.45) is 0 Å². The van der Waals surface area contributed by atoms with Crippen molar-refractivity contribution in [2.45, 2.75) is 16.7 Å². The first-order chi connectivity index (χ1) is 10.9. The highest BCUT2D eigenvalue weighted by molar-refractivity contribution is 7.99. The van der Waals surface area contributed by atoms with Gasteiger partial charge < -0.3 is 5.32 Å². The fourth-order valence-electron chi connectivity index (χ4n) is 1.84. The van der Waals surface area contributed by atoms with Gasteiger partial charge in [0.05, 0.1) is 14.7 Å². The molecule has 0 aliphatic heterocycles. The molecule has 23 heavy (non-hydrogen) atoms. The van der Waals surface area contributed by atoms with Gasteiger partial charge in [0, 0.05) is 24.0 Å². The van der Waals surface area contributed by atoms with Gasteiger partial charge in [0.2, 0.25) is 5.91 Å².